The molecular weight excluding hydrogens is 164 g/mol. The summed E-state index contributed by atoms with van der Waals surface area (Å²) in [5.41, 5.74) is 2.99. The molecule has 0 amide bonds. The maximum atomic E-state index is 4.18. The Morgan fingerprint density at radius 2 is 2.15 bits per heavy atom. The molecule has 0 bridgehead atoms. The van der Waals surface area contributed by atoms with Crippen LogP contribution in [-0.4, -0.2) is 29.3 Å². The van der Waals surface area contributed by atoms with Gasteiger partial charge < -0.3 is 4.90 Å². The Morgan fingerprint density at radius 3 is 2.85 bits per heavy atom. The number of H-pyrrole nitrogens is 1. The van der Waals surface area contributed by atoms with Gasteiger partial charge in [-0.3, -0.25) is 5.10 Å². The fourth-order valence-electron chi connectivity index (χ4n) is 1.45. The lowest BCUT2D eigenvalue weighted by Crippen LogP contribution is -2.09. The quantitative estimate of drug-likeness (QED) is 0.713. The number of nitrogens with zero attached hydrogens (tertiary/aromatic N) is 3. The lowest BCUT2D eigenvalue weighted by atomic mass is 10.2. The first-order valence-corrected chi connectivity index (χ1v) is 4.17. The van der Waals surface area contributed by atoms with E-state index < -0.39 is 0 Å². The number of fused-ring (bicyclic) bond motifs is 1. The van der Waals surface area contributed by atoms with Gasteiger partial charge in [-0.25, -0.2) is 4.98 Å². The Labute approximate surface area is 76.6 Å². The molecule has 0 saturated heterocycles. The Hall–Kier alpha value is -1.58. The van der Waals surface area contributed by atoms with E-state index in [9.17, 15) is 0 Å². The van der Waals surface area contributed by atoms with Gasteiger partial charge in [-0.15, -0.1) is 0 Å². The number of rotatable bonds is 1. The van der Waals surface area contributed by atoms with Crippen LogP contribution in [0.15, 0.2) is 12.3 Å². The number of hydrogen-bond acceptors (Lipinski definition) is 3. The summed E-state index contributed by atoms with van der Waals surface area (Å²) >= 11 is 0. The third-order valence-corrected chi connectivity index (χ3v) is 2.10. The number of aromatic amines is 1. The van der Waals surface area contributed by atoms with Crippen molar-refractivity contribution in [2.45, 2.75) is 6.92 Å². The zero-order valence-corrected chi connectivity index (χ0v) is 8.00. The molecule has 0 aromatic carbocycles. The Kier molecular flexibility index (Phi) is 1.69. The van der Waals surface area contributed by atoms with E-state index in [1.165, 1.54) is 0 Å². The molecule has 4 heteroatoms. The molecule has 13 heavy (non-hydrogen) atoms. The molecule has 0 aliphatic carbocycles. The molecule has 0 saturated carbocycles. The van der Waals surface area contributed by atoms with Crippen LogP contribution in [0.1, 0.15) is 5.69 Å². The maximum absolute atomic E-state index is 4.18. The van der Waals surface area contributed by atoms with Crippen molar-refractivity contribution >= 4 is 16.7 Å². The third kappa shape index (κ3) is 1.14. The monoisotopic (exact) mass is 176 g/mol. The van der Waals surface area contributed by atoms with Crippen molar-refractivity contribution in [3.8, 4) is 0 Å². The molecule has 2 rings (SSSR count). The van der Waals surface area contributed by atoms with Gasteiger partial charge in [-0.05, 0) is 13.0 Å². The molecule has 0 fully saturated rings. The van der Waals surface area contributed by atoms with E-state index in [0.29, 0.717) is 0 Å². The van der Waals surface area contributed by atoms with Gasteiger partial charge in [-0.1, -0.05) is 0 Å². The van der Waals surface area contributed by atoms with Gasteiger partial charge in [0.25, 0.3) is 0 Å². The maximum Gasteiger partial charge on any atom is 0.183 e. The van der Waals surface area contributed by atoms with Crippen molar-refractivity contribution in [2.24, 2.45) is 0 Å². The average Bonchev–Trinajstić information content (AvgIpc) is 2.48. The van der Waals surface area contributed by atoms with Crippen molar-refractivity contribution in [3.63, 3.8) is 0 Å². The highest BCUT2D eigenvalue weighted by molar-refractivity contribution is 5.91. The molecule has 2 heterocycles. The molecule has 2 aromatic heterocycles. The molecule has 68 valence electrons. The Bertz CT molecular complexity index is 430. The van der Waals surface area contributed by atoms with Crippen LogP contribution >= 0.6 is 0 Å². The molecule has 0 unspecified atom stereocenters. The second-order valence-electron chi connectivity index (χ2n) is 3.27. The summed E-state index contributed by atoms with van der Waals surface area (Å²) < 4.78 is 0. The number of pyridine rings is 1. The highest BCUT2D eigenvalue weighted by Gasteiger charge is 2.08. The van der Waals surface area contributed by atoms with Crippen molar-refractivity contribution in [1.29, 1.82) is 0 Å². The fourth-order valence-corrected chi connectivity index (χ4v) is 1.45. The SMILES string of the molecule is Cc1[nH]nc2nccc(N(C)C)c12. The number of anilines is 1. The summed E-state index contributed by atoms with van der Waals surface area (Å²) in [6, 6.07) is 1.99. The predicted octanol–water partition coefficient (Wildman–Crippen LogP) is 1.33. The van der Waals surface area contributed by atoms with Crippen LogP contribution in [0.4, 0.5) is 5.69 Å². The van der Waals surface area contributed by atoms with E-state index in [4.69, 9.17) is 0 Å². The van der Waals surface area contributed by atoms with Gasteiger partial charge in [0, 0.05) is 26.0 Å². The van der Waals surface area contributed by atoms with Crippen molar-refractivity contribution in [2.75, 3.05) is 19.0 Å². The third-order valence-electron chi connectivity index (χ3n) is 2.10. The van der Waals surface area contributed by atoms with Crippen LogP contribution in [-0.2, 0) is 0 Å². The first-order chi connectivity index (χ1) is 6.20. The lowest BCUT2D eigenvalue weighted by molar-refractivity contribution is 1.05. The summed E-state index contributed by atoms with van der Waals surface area (Å²) in [7, 11) is 4.03. The van der Waals surface area contributed by atoms with E-state index in [2.05, 4.69) is 20.1 Å². The van der Waals surface area contributed by atoms with Gasteiger partial charge in [-0.2, -0.15) is 5.10 Å². The number of aryl methyl sites for hydroxylation is 1. The first-order valence-electron chi connectivity index (χ1n) is 4.17. The minimum atomic E-state index is 0.781. The topological polar surface area (TPSA) is 44.8 Å². The summed E-state index contributed by atoms with van der Waals surface area (Å²) in [6.45, 7) is 2.00. The second-order valence-corrected chi connectivity index (χ2v) is 3.27. The van der Waals surface area contributed by atoms with Crippen LogP contribution in [0.5, 0.6) is 0 Å². The number of nitrogens with one attached hydrogen (secondary N) is 1. The number of hydrogen-bond donors (Lipinski definition) is 1. The molecule has 0 spiro atoms. The molecule has 1 N–H and O–H groups in total. The molecule has 0 aliphatic rings. The van der Waals surface area contributed by atoms with Crippen molar-refractivity contribution < 1.29 is 0 Å². The van der Waals surface area contributed by atoms with Gasteiger partial charge in [0.1, 0.15) is 0 Å². The average molecular weight is 176 g/mol. The predicted molar refractivity (Wildman–Crippen MR) is 53.0 cm³/mol. The first kappa shape index (κ1) is 8.04. The summed E-state index contributed by atoms with van der Waals surface area (Å²) in [5.74, 6) is 0. The summed E-state index contributed by atoms with van der Waals surface area (Å²) in [4.78, 5) is 6.24. The number of aromatic nitrogens is 3. The summed E-state index contributed by atoms with van der Waals surface area (Å²) in [5, 5.41) is 8.14. The second kappa shape index (κ2) is 2.73. The molecule has 4 nitrogen and oxygen atoms in total. The van der Waals surface area contributed by atoms with E-state index in [1.807, 2.05) is 27.1 Å². The van der Waals surface area contributed by atoms with Crippen LogP contribution in [0.25, 0.3) is 11.0 Å². The molecule has 2 aromatic rings. The highest BCUT2D eigenvalue weighted by atomic mass is 15.2. The lowest BCUT2D eigenvalue weighted by Gasteiger charge is -2.12. The van der Waals surface area contributed by atoms with Crippen molar-refractivity contribution in [1.82, 2.24) is 15.2 Å². The molecule has 0 aliphatic heterocycles. The fraction of sp³-hybridized carbons (Fsp3) is 0.333. The molecule has 0 atom stereocenters. The highest BCUT2D eigenvalue weighted by Crippen LogP contribution is 2.24. The van der Waals surface area contributed by atoms with Crippen LogP contribution in [0.3, 0.4) is 0 Å². The zero-order valence-electron chi connectivity index (χ0n) is 8.00. The van der Waals surface area contributed by atoms with E-state index >= 15 is 0 Å². The van der Waals surface area contributed by atoms with Crippen LogP contribution in [0, 0.1) is 6.92 Å². The van der Waals surface area contributed by atoms with E-state index in [1.54, 1.807) is 6.20 Å². The van der Waals surface area contributed by atoms with E-state index in [-0.39, 0.29) is 0 Å². The van der Waals surface area contributed by atoms with E-state index in [0.717, 1.165) is 22.4 Å². The van der Waals surface area contributed by atoms with Gasteiger partial charge in [0.15, 0.2) is 5.65 Å². The molecule has 0 radical (unpaired) electrons. The smallest absolute Gasteiger partial charge is 0.183 e. The van der Waals surface area contributed by atoms with Crippen LogP contribution < -0.4 is 4.90 Å². The normalized spacial score (nSPS) is 10.7. The van der Waals surface area contributed by atoms with Gasteiger partial charge in [0.05, 0.1) is 11.1 Å². The van der Waals surface area contributed by atoms with Gasteiger partial charge >= 0.3 is 0 Å². The summed E-state index contributed by atoms with van der Waals surface area (Å²) in [6.07, 6.45) is 1.78. The minimum Gasteiger partial charge on any atom is -0.377 e. The van der Waals surface area contributed by atoms with Gasteiger partial charge in [0.2, 0.25) is 0 Å². The minimum absolute atomic E-state index is 0.781. The standard InChI is InChI=1S/C9H12N4/c1-6-8-7(13(2)3)4-5-10-9(8)12-11-6/h4-5H,1-3H3,(H,10,11,12). The Balaban J connectivity index is 2.80. The van der Waals surface area contributed by atoms with Crippen molar-refractivity contribution in [3.05, 3.63) is 18.0 Å². The van der Waals surface area contributed by atoms with Crippen LogP contribution in [0.2, 0.25) is 0 Å². The molecular formula is C9H12N4. The largest absolute Gasteiger partial charge is 0.377 e. The Morgan fingerprint density at radius 1 is 1.38 bits per heavy atom. The zero-order chi connectivity index (χ0) is 9.42.